The van der Waals surface area contributed by atoms with Gasteiger partial charge in [0, 0.05) is 20.7 Å². The first-order valence-corrected chi connectivity index (χ1v) is 6.88. The number of guanidine groups is 1. The van der Waals surface area contributed by atoms with Crippen molar-refractivity contribution in [2.24, 2.45) is 4.99 Å². The second-order valence-corrected chi connectivity index (χ2v) is 4.52. The third-order valence-electron chi connectivity index (χ3n) is 3.14. The lowest BCUT2D eigenvalue weighted by atomic mass is 10.1. The Balaban J connectivity index is 1.84. The first kappa shape index (κ1) is 15.1. The van der Waals surface area contributed by atoms with Crippen molar-refractivity contribution >= 4 is 5.96 Å². The summed E-state index contributed by atoms with van der Waals surface area (Å²) in [5.41, 5.74) is 1.13. The standard InChI is InChI=1S/C16H21N3O2/c1-17-16(18-11-14-9-6-10-21-14)19-12-15(20-2)13-7-4-3-5-8-13/h3-10,15H,11-12H2,1-2H3,(H2,17,18,19). The van der Waals surface area contributed by atoms with Crippen LogP contribution in [0.4, 0.5) is 0 Å². The van der Waals surface area contributed by atoms with Gasteiger partial charge < -0.3 is 19.8 Å². The molecule has 0 amide bonds. The van der Waals surface area contributed by atoms with Crippen LogP contribution in [-0.2, 0) is 11.3 Å². The summed E-state index contributed by atoms with van der Waals surface area (Å²) in [5, 5.41) is 6.45. The molecule has 112 valence electrons. The average Bonchev–Trinajstić information content (AvgIpc) is 3.05. The zero-order chi connectivity index (χ0) is 14.9. The molecule has 0 fully saturated rings. The maximum Gasteiger partial charge on any atom is 0.191 e. The molecule has 2 aromatic rings. The Kier molecular flexibility index (Phi) is 5.84. The van der Waals surface area contributed by atoms with E-state index in [0.717, 1.165) is 11.3 Å². The van der Waals surface area contributed by atoms with E-state index in [0.29, 0.717) is 19.0 Å². The largest absolute Gasteiger partial charge is 0.467 e. The second-order valence-electron chi connectivity index (χ2n) is 4.52. The summed E-state index contributed by atoms with van der Waals surface area (Å²) in [6.45, 7) is 1.23. The van der Waals surface area contributed by atoms with E-state index >= 15 is 0 Å². The highest BCUT2D eigenvalue weighted by Crippen LogP contribution is 2.14. The van der Waals surface area contributed by atoms with Gasteiger partial charge in [-0.05, 0) is 17.7 Å². The van der Waals surface area contributed by atoms with Gasteiger partial charge >= 0.3 is 0 Å². The molecule has 1 aromatic carbocycles. The molecule has 0 aliphatic heterocycles. The Bertz CT molecular complexity index is 538. The molecular formula is C16H21N3O2. The Hall–Kier alpha value is -2.27. The van der Waals surface area contributed by atoms with Crippen LogP contribution in [0.3, 0.4) is 0 Å². The minimum Gasteiger partial charge on any atom is -0.467 e. The van der Waals surface area contributed by atoms with Crippen molar-refractivity contribution in [1.82, 2.24) is 10.6 Å². The number of hydrogen-bond acceptors (Lipinski definition) is 3. The van der Waals surface area contributed by atoms with Crippen LogP contribution in [-0.4, -0.2) is 26.7 Å². The zero-order valence-corrected chi connectivity index (χ0v) is 12.4. The highest BCUT2D eigenvalue weighted by Gasteiger charge is 2.10. The van der Waals surface area contributed by atoms with E-state index in [1.165, 1.54) is 0 Å². The van der Waals surface area contributed by atoms with Crippen LogP contribution in [0.1, 0.15) is 17.4 Å². The molecule has 0 spiro atoms. The van der Waals surface area contributed by atoms with Crippen LogP contribution in [0.2, 0.25) is 0 Å². The van der Waals surface area contributed by atoms with Crippen molar-refractivity contribution in [2.75, 3.05) is 20.7 Å². The van der Waals surface area contributed by atoms with Gasteiger partial charge in [-0.1, -0.05) is 30.3 Å². The number of methoxy groups -OCH3 is 1. The smallest absolute Gasteiger partial charge is 0.191 e. The maximum absolute atomic E-state index is 5.52. The van der Waals surface area contributed by atoms with Gasteiger partial charge in [-0.15, -0.1) is 0 Å². The Morgan fingerprint density at radius 2 is 2.00 bits per heavy atom. The normalized spacial score (nSPS) is 13.0. The number of ether oxygens (including phenoxy) is 1. The molecule has 2 rings (SSSR count). The molecule has 0 saturated carbocycles. The Morgan fingerprint density at radius 3 is 2.62 bits per heavy atom. The van der Waals surface area contributed by atoms with Crippen molar-refractivity contribution in [3.8, 4) is 0 Å². The van der Waals surface area contributed by atoms with Gasteiger partial charge in [0.05, 0.1) is 18.9 Å². The maximum atomic E-state index is 5.52. The summed E-state index contributed by atoms with van der Waals surface area (Å²) >= 11 is 0. The minimum absolute atomic E-state index is 0.0200. The molecule has 0 saturated heterocycles. The van der Waals surface area contributed by atoms with Crippen LogP contribution in [0.25, 0.3) is 0 Å². The number of nitrogens with one attached hydrogen (secondary N) is 2. The molecule has 0 bridgehead atoms. The number of furan rings is 1. The summed E-state index contributed by atoms with van der Waals surface area (Å²) in [4.78, 5) is 4.18. The third-order valence-corrected chi connectivity index (χ3v) is 3.14. The first-order chi connectivity index (χ1) is 10.3. The van der Waals surface area contributed by atoms with Crippen molar-refractivity contribution in [3.05, 3.63) is 60.1 Å². The second kappa shape index (κ2) is 8.11. The van der Waals surface area contributed by atoms with E-state index in [1.54, 1.807) is 20.4 Å². The summed E-state index contributed by atoms with van der Waals surface area (Å²) in [7, 11) is 3.44. The van der Waals surface area contributed by atoms with Gasteiger partial charge in [-0.2, -0.15) is 0 Å². The van der Waals surface area contributed by atoms with Crippen LogP contribution in [0.5, 0.6) is 0 Å². The van der Waals surface area contributed by atoms with Gasteiger partial charge in [0.1, 0.15) is 5.76 Å². The molecule has 21 heavy (non-hydrogen) atoms. The molecule has 2 N–H and O–H groups in total. The van der Waals surface area contributed by atoms with Gasteiger partial charge in [0.2, 0.25) is 0 Å². The lowest BCUT2D eigenvalue weighted by Gasteiger charge is -2.18. The molecule has 0 aliphatic carbocycles. The fourth-order valence-corrected chi connectivity index (χ4v) is 2.00. The van der Waals surface area contributed by atoms with Crippen LogP contribution < -0.4 is 10.6 Å². The number of benzene rings is 1. The summed E-state index contributed by atoms with van der Waals surface area (Å²) in [6, 6.07) is 13.9. The van der Waals surface area contributed by atoms with Gasteiger partial charge in [0.15, 0.2) is 5.96 Å². The highest BCUT2D eigenvalue weighted by atomic mass is 16.5. The first-order valence-electron chi connectivity index (χ1n) is 6.88. The predicted octanol–water partition coefficient (Wildman–Crippen LogP) is 2.33. The molecule has 5 nitrogen and oxygen atoms in total. The van der Waals surface area contributed by atoms with E-state index in [1.807, 2.05) is 30.3 Å². The molecule has 1 atom stereocenters. The van der Waals surface area contributed by atoms with Crippen LogP contribution >= 0.6 is 0 Å². The summed E-state index contributed by atoms with van der Waals surface area (Å²) < 4.78 is 10.8. The van der Waals surface area contributed by atoms with Crippen LogP contribution in [0, 0.1) is 0 Å². The van der Waals surface area contributed by atoms with Crippen molar-refractivity contribution in [3.63, 3.8) is 0 Å². The fraction of sp³-hybridized carbons (Fsp3) is 0.312. The van der Waals surface area contributed by atoms with E-state index < -0.39 is 0 Å². The predicted molar refractivity (Wildman–Crippen MR) is 83.1 cm³/mol. The molecule has 1 aromatic heterocycles. The SMILES string of the molecule is CN=C(NCc1ccco1)NCC(OC)c1ccccc1. The molecule has 1 unspecified atom stereocenters. The lowest BCUT2D eigenvalue weighted by Crippen LogP contribution is -2.39. The van der Waals surface area contributed by atoms with E-state index in [2.05, 4.69) is 27.8 Å². The number of aliphatic imine (C=N–C) groups is 1. The van der Waals surface area contributed by atoms with Crippen molar-refractivity contribution in [2.45, 2.75) is 12.6 Å². The van der Waals surface area contributed by atoms with Gasteiger partial charge in [-0.3, -0.25) is 4.99 Å². The summed E-state index contributed by atoms with van der Waals surface area (Å²) in [6.07, 6.45) is 1.64. The zero-order valence-electron chi connectivity index (χ0n) is 12.4. The fourth-order valence-electron chi connectivity index (χ4n) is 2.00. The van der Waals surface area contributed by atoms with E-state index in [4.69, 9.17) is 9.15 Å². The lowest BCUT2D eigenvalue weighted by molar-refractivity contribution is 0.106. The summed E-state index contributed by atoms with van der Waals surface area (Å²) in [5.74, 6) is 1.58. The molecule has 5 heteroatoms. The highest BCUT2D eigenvalue weighted by molar-refractivity contribution is 5.79. The van der Waals surface area contributed by atoms with Gasteiger partial charge in [0.25, 0.3) is 0 Å². The molecule has 1 heterocycles. The minimum atomic E-state index is -0.0200. The van der Waals surface area contributed by atoms with Crippen LogP contribution in [0.15, 0.2) is 58.1 Å². The monoisotopic (exact) mass is 287 g/mol. The molecular weight excluding hydrogens is 266 g/mol. The third kappa shape index (κ3) is 4.65. The quantitative estimate of drug-likeness (QED) is 0.632. The molecule has 0 radical (unpaired) electrons. The van der Waals surface area contributed by atoms with E-state index in [9.17, 15) is 0 Å². The Labute approximate surface area is 125 Å². The van der Waals surface area contributed by atoms with Crippen molar-refractivity contribution in [1.29, 1.82) is 0 Å². The van der Waals surface area contributed by atoms with Crippen molar-refractivity contribution < 1.29 is 9.15 Å². The number of nitrogens with zero attached hydrogens (tertiary/aromatic N) is 1. The average molecular weight is 287 g/mol. The number of rotatable bonds is 6. The number of hydrogen-bond donors (Lipinski definition) is 2. The van der Waals surface area contributed by atoms with E-state index in [-0.39, 0.29) is 6.10 Å². The molecule has 0 aliphatic rings. The van der Waals surface area contributed by atoms with Gasteiger partial charge in [-0.25, -0.2) is 0 Å². The topological polar surface area (TPSA) is 58.8 Å². The Morgan fingerprint density at radius 1 is 1.19 bits per heavy atom.